The average Bonchev–Trinajstić information content (AvgIpc) is 2.74. The fraction of sp³-hybridized carbons (Fsp3) is 0.440. The van der Waals surface area contributed by atoms with Crippen LogP contribution in [-0.4, -0.2) is 35.9 Å². The van der Waals surface area contributed by atoms with Crippen LogP contribution in [0.1, 0.15) is 67.4 Å². The predicted octanol–water partition coefficient (Wildman–Crippen LogP) is 5.15. The smallest absolute Gasteiger partial charge is 0.265 e. The number of piperidine rings is 1. The van der Waals surface area contributed by atoms with Crippen molar-refractivity contribution in [1.82, 2.24) is 4.90 Å². The Hall–Kier alpha value is -2.82. The van der Waals surface area contributed by atoms with Gasteiger partial charge in [0.05, 0.1) is 11.3 Å². The number of hydrogen-bond donors (Lipinski definition) is 1. The van der Waals surface area contributed by atoms with Crippen LogP contribution in [0.4, 0.5) is 5.69 Å². The number of carbonyl (C=O) groups is 2. The molecule has 2 amide bonds. The maximum absolute atomic E-state index is 13.0. The van der Waals surface area contributed by atoms with Crippen molar-refractivity contribution in [3.8, 4) is 5.75 Å². The van der Waals surface area contributed by atoms with Crippen LogP contribution in [-0.2, 0) is 4.79 Å². The van der Waals surface area contributed by atoms with Crippen molar-refractivity contribution in [1.29, 1.82) is 0 Å². The van der Waals surface area contributed by atoms with E-state index < -0.39 is 6.10 Å². The summed E-state index contributed by atoms with van der Waals surface area (Å²) in [5, 5.41) is 2.90. The molecule has 2 aromatic carbocycles. The lowest BCUT2D eigenvalue weighted by Gasteiger charge is -2.27. The molecule has 5 nitrogen and oxygen atoms in total. The second-order valence-corrected chi connectivity index (χ2v) is 8.34. The van der Waals surface area contributed by atoms with Gasteiger partial charge in [-0.25, -0.2) is 0 Å². The molecule has 0 spiro atoms. The number of aryl methyl sites for hydroxylation is 1. The van der Waals surface area contributed by atoms with Gasteiger partial charge in [0.25, 0.3) is 11.8 Å². The van der Waals surface area contributed by atoms with Crippen molar-refractivity contribution in [2.75, 3.05) is 18.4 Å². The van der Waals surface area contributed by atoms with Gasteiger partial charge in [-0.15, -0.1) is 0 Å². The van der Waals surface area contributed by atoms with E-state index >= 15 is 0 Å². The first-order chi connectivity index (χ1) is 14.4. The van der Waals surface area contributed by atoms with Crippen LogP contribution >= 0.6 is 0 Å². The van der Waals surface area contributed by atoms with E-state index in [1.54, 1.807) is 19.1 Å². The molecule has 1 atom stereocenters. The number of likely N-dealkylation sites (tertiary alicyclic amines) is 1. The van der Waals surface area contributed by atoms with Crippen LogP contribution < -0.4 is 10.1 Å². The van der Waals surface area contributed by atoms with Gasteiger partial charge >= 0.3 is 0 Å². The second kappa shape index (κ2) is 9.79. The summed E-state index contributed by atoms with van der Waals surface area (Å²) in [5.41, 5.74) is 3.21. The molecule has 1 saturated heterocycles. The Morgan fingerprint density at radius 3 is 2.40 bits per heavy atom. The van der Waals surface area contributed by atoms with Gasteiger partial charge < -0.3 is 15.0 Å². The minimum Gasteiger partial charge on any atom is -0.481 e. The molecule has 0 saturated carbocycles. The molecule has 0 aromatic heterocycles. The fourth-order valence-electron chi connectivity index (χ4n) is 3.74. The molecule has 0 bridgehead atoms. The lowest BCUT2D eigenvalue weighted by Crippen LogP contribution is -2.36. The van der Waals surface area contributed by atoms with Crippen molar-refractivity contribution in [2.24, 2.45) is 0 Å². The third-order valence-electron chi connectivity index (χ3n) is 5.52. The van der Waals surface area contributed by atoms with Gasteiger partial charge in [0.15, 0.2) is 6.10 Å². The van der Waals surface area contributed by atoms with Crippen LogP contribution in [0.25, 0.3) is 0 Å². The lowest BCUT2D eigenvalue weighted by atomic mass is 10.0. The van der Waals surface area contributed by atoms with Crippen molar-refractivity contribution in [2.45, 2.75) is 59.0 Å². The van der Waals surface area contributed by atoms with E-state index in [4.69, 9.17) is 4.74 Å². The molecule has 0 aliphatic carbocycles. The summed E-state index contributed by atoms with van der Waals surface area (Å²) in [6.45, 7) is 9.48. The number of hydrogen-bond acceptors (Lipinski definition) is 3. The van der Waals surface area contributed by atoms with Gasteiger partial charge in [-0.3, -0.25) is 9.59 Å². The Balaban J connectivity index is 1.73. The van der Waals surface area contributed by atoms with E-state index in [-0.39, 0.29) is 11.8 Å². The summed E-state index contributed by atoms with van der Waals surface area (Å²) in [7, 11) is 0. The topological polar surface area (TPSA) is 58.6 Å². The van der Waals surface area contributed by atoms with E-state index in [1.165, 1.54) is 0 Å². The summed E-state index contributed by atoms with van der Waals surface area (Å²) in [4.78, 5) is 27.7. The van der Waals surface area contributed by atoms with Crippen molar-refractivity contribution in [3.05, 3.63) is 59.2 Å². The van der Waals surface area contributed by atoms with Crippen molar-refractivity contribution < 1.29 is 14.3 Å². The fourth-order valence-corrected chi connectivity index (χ4v) is 3.74. The van der Waals surface area contributed by atoms with Gasteiger partial charge in [-0.1, -0.05) is 38.1 Å². The highest BCUT2D eigenvalue weighted by atomic mass is 16.5. The zero-order valence-electron chi connectivity index (χ0n) is 18.4. The predicted molar refractivity (Wildman–Crippen MR) is 120 cm³/mol. The van der Waals surface area contributed by atoms with Crippen LogP contribution in [0.5, 0.6) is 5.75 Å². The number of nitrogens with zero attached hydrogens (tertiary/aromatic N) is 1. The Morgan fingerprint density at radius 1 is 1.00 bits per heavy atom. The average molecular weight is 409 g/mol. The largest absolute Gasteiger partial charge is 0.481 e. The molecule has 2 aromatic rings. The third kappa shape index (κ3) is 5.21. The van der Waals surface area contributed by atoms with Gasteiger partial charge in [0.2, 0.25) is 0 Å². The molecular weight excluding hydrogens is 376 g/mol. The first-order valence-corrected chi connectivity index (χ1v) is 10.8. The summed E-state index contributed by atoms with van der Waals surface area (Å²) in [5.74, 6) is 0.717. The Labute approximate surface area is 179 Å². The molecule has 0 unspecified atom stereocenters. The molecule has 30 heavy (non-hydrogen) atoms. The van der Waals surface area contributed by atoms with Gasteiger partial charge in [0.1, 0.15) is 5.75 Å². The quantitative estimate of drug-likeness (QED) is 0.719. The van der Waals surface area contributed by atoms with E-state index in [1.807, 2.05) is 36.1 Å². The summed E-state index contributed by atoms with van der Waals surface area (Å²) in [6, 6.07) is 13.3. The lowest BCUT2D eigenvalue weighted by molar-refractivity contribution is -0.122. The van der Waals surface area contributed by atoms with E-state index in [0.717, 1.165) is 49.2 Å². The van der Waals surface area contributed by atoms with Crippen molar-refractivity contribution in [3.63, 3.8) is 0 Å². The SMILES string of the molecule is Cc1ccc(C(C)C)c(O[C@@H](C)C(=O)Nc2ccccc2C(=O)N2CCCCC2)c1. The molecule has 0 radical (unpaired) electrons. The number of anilines is 1. The Bertz CT molecular complexity index is 901. The number of rotatable bonds is 6. The highest BCUT2D eigenvalue weighted by molar-refractivity contribution is 6.04. The molecule has 1 fully saturated rings. The molecule has 3 rings (SSSR count). The monoisotopic (exact) mass is 408 g/mol. The van der Waals surface area contributed by atoms with E-state index in [9.17, 15) is 9.59 Å². The summed E-state index contributed by atoms with van der Waals surface area (Å²) < 4.78 is 6.03. The molecule has 1 aliphatic heterocycles. The minimum absolute atomic E-state index is 0.0278. The zero-order chi connectivity index (χ0) is 21.7. The Morgan fingerprint density at radius 2 is 1.70 bits per heavy atom. The first kappa shape index (κ1) is 21.9. The number of amides is 2. The molecule has 1 aliphatic rings. The standard InChI is InChI=1S/C25H32N2O3/c1-17(2)20-13-12-18(3)16-23(20)30-19(4)24(28)26-22-11-7-6-10-21(22)25(29)27-14-8-5-9-15-27/h6-7,10-13,16-17,19H,5,8-9,14-15H2,1-4H3,(H,26,28)/t19-/m0/s1. The van der Waals surface area contributed by atoms with Crippen molar-refractivity contribution >= 4 is 17.5 Å². The number of ether oxygens (including phenoxy) is 1. The van der Waals surface area contributed by atoms with Gasteiger partial charge in [-0.05, 0) is 68.4 Å². The van der Waals surface area contributed by atoms with Crippen LogP contribution in [0.3, 0.4) is 0 Å². The second-order valence-electron chi connectivity index (χ2n) is 8.34. The van der Waals surface area contributed by atoms with E-state index in [0.29, 0.717) is 17.2 Å². The molecule has 5 heteroatoms. The van der Waals surface area contributed by atoms with E-state index in [2.05, 4.69) is 25.2 Å². The maximum Gasteiger partial charge on any atom is 0.265 e. The first-order valence-electron chi connectivity index (χ1n) is 10.8. The maximum atomic E-state index is 13.0. The zero-order valence-corrected chi connectivity index (χ0v) is 18.4. The molecule has 1 N–H and O–H groups in total. The molecule has 1 heterocycles. The molecular formula is C25H32N2O3. The van der Waals surface area contributed by atoms with Crippen LogP contribution in [0, 0.1) is 6.92 Å². The Kier molecular flexibility index (Phi) is 7.14. The van der Waals surface area contributed by atoms with Gasteiger partial charge in [-0.2, -0.15) is 0 Å². The summed E-state index contributed by atoms with van der Waals surface area (Å²) >= 11 is 0. The van der Waals surface area contributed by atoms with Crippen LogP contribution in [0.2, 0.25) is 0 Å². The minimum atomic E-state index is -0.692. The van der Waals surface area contributed by atoms with Gasteiger partial charge in [0, 0.05) is 13.1 Å². The third-order valence-corrected chi connectivity index (χ3v) is 5.52. The number of nitrogens with one attached hydrogen (secondary N) is 1. The van der Waals surface area contributed by atoms with Crippen LogP contribution in [0.15, 0.2) is 42.5 Å². The number of benzene rings is 2. The summed E-state index contributed by atoms with van der Waals surface area (Å²) in [6.07, 6.45) is 2.52. The number of para-hydroxylation sites is 1. The number of carbonyl (C=O) groups excluding carboxylic acids is 2. The highest BCUT2D eigenvalue weighted by Gasteiger charge is 2.23. The molecule has 160 valence electrons. The highest BCUT2D eigenvalue weighted by Crippen LogP contribution is 2.28. The normalized spacial score (nSPS) is 15.0.